The van der Waals surface area contributed by atoms with E-state index < -0.39 is 11.8 Å². The predicted octanol–water partition coefficient (Wildman–Crippen LogP) is 2.47. The van der Waals surface area contributed by atoms with Gasteiger partial charge in [0.2, 0.25) is 0 Å². The van der Waals surface area contributed by atoms with Gasteiger partial charge in [0.25, 0.3) is 11.8 Å². The van der Waals surface area contributed by atoms with Crippen LogP contribution in [0.5, 0.6) is 0 Å². The van der Waals surface area contributed by atoms with Gasteiger partial charge in [-0.3, -0.25) is 20.2 Å². The smallest absolute Gasteiger partial charge is 0.263 e. The van der Waals surface area contributed by atoms with E-state index in [0.29, 0.717) is 11.5 Å². The summed E-state index contributed by atoms with van der Waals surface area (Å²) in [4.78, 5) is 23.5. The van der Waals surface area contributed by atoms with Gasteiger partial charge in [0, 0.05) is 9.13 Å². The second-order valence-corrected chi connectivity index (χ2v) is 6.16. The molecule has 1 aliphatic heterocycles. The van der Waals surface area contributed by atoms with Crippen LogP contribution < -0.4 is 10.6 Å². The number of carbonyl (C=O) groups is 2. The van der Waals surface area contributed by atoms with E-state index in [0.717, 1.165) is 9.13 Å². The molecule has 2 N–H and O–H groups in total. The molecule has 1 aromatic heterocycles. The zero-order valence-corrected chi connectivity index (χ0v) is 14.0. The third-order valence-corrected chi connectivity index (χ3v) is 3.91. The lowest BCUT2D eigenvalue weighted by molar-refractivity contribution is -0.123. The van der Waals surface area contributed by atoms with E-state index in [1.54, 1.807) is 12.1 Å². The Hall–Kier alpha value is -2.00. The maximum absolute atomic E-state index is 11.8. The number of nitrogens with one attached hydrogen (secondary N) is 2. The van der Waals surface area contributed by atoms with E-state index in [-0.39, 0.29) is 10.7 Å². The highest BCUT2D eigenvalue weighted by Crippen LogP contribution is 2.24. The molecule has 110 valence electrons. The van der Waals surface area contributed by atoms with Crippen LogP contribution in [0.3, 0.4) is 0 Å². The molecule has 2 heterocycles. The molecule has 0 aliphatic carbocycles. The standard InChI is InChI=1S/C15H9IN2O3S/c16-9-3-1-8(2-4-9)12-6-5-10(21-12)7-11-13(19)17-15(22)18-14(11)20/h1-7H,(H2,17,18,19,20,22). The summed E-state index contributed by atoms with van der Waals surface area (Å²) in [6, 6.07) is 11.3. The van der Waals surface area contributed by atoms with Crippen molar-refractivity contribution in [2.45, 2.75) is 0 Å². The van der Waals surface area contributed by atoms with Crippen LogP contribution in [0.4, 0.5) is 0 Å². The zero-order chi connectivity index (χ0) is 15.7. The highest BCUT2D eigenvalue weighted by molar-refractivity contribution is 14.1. The molecule has 0 bridgehead atoms. The Bertz CT molecular complexity index is 786. The van der Waals surface area contributed by atoms with Crippen LogP contribution in [0, 0.1) is 3.57 Å². The van der Waals surface area contributed by atoms with Crippen molar-refractivity contribution in [3.63, 3.8) is 0 Å². The van der Waals surface area contributed by atoms with E-state index in [2.05, 4.69) is 33.2 Å². The van der Waals surface area contributed by atoms with Crippen molar-refractivity contribution >= 4 is 57.8 Å². The molecule has 7 heteroatoms. The molecule has 1 fully saturated rings. The summed E-state index contributed by atoms with van der Waals surface area (Å²) in [7, 11) is 0. The molecular weight excluding hydrogens is 415 g/mol. The summed E-state index contributed by atoms with van der Waals surface area (Å²) in [5.41, 5.74) is 0.876. The van der Waals surface area contributed by atoms with Gasteiger partial charge in [-0.25, -0.2) is 0 Å². The number of thiocarbonyl (C=S) groups is 1. The van der Waals surface area contributed by atoms with Crippen molar-refractivity contribution in [1.82, 2.24) is 10.6 Å². The van der Waals surface area contributed by atoms with Gasteiger partial charge in [0.1, 0.15) is 17.1 Å². The monoisotopic (exact) mass is 424 g/mol. The van der Waals surface area contributed by atoms with E-state index in [1.165, 1.54) is 6.08 Å². The average molecular weight is 424 g/mol. The van der Waals surface area contributed by atoms with Gasteiger partial charge >= 0.3 is 0 Å². The number of rotatable bonds is 2. The molecule has 0 unspecified atom stereocenters. The Kier molecular flexibility index (Phi) is 4.08. The van der Waals surface area contributed by atoms with Crippen molar-refractivity contribution in [2.24, 2.45) is 0 Å². The van der Waals surface area contributed by atoms with Crippen LogP contribution >= 0.6 is 34.8 Å². The molecule has 0 saturated carbocycles. The first-order valence-corrected chi connectivity index (χ1v) is 7.76. The fourth-order valence-electron chi connectivity index (χ4n) is 1.95. The molecule has 5 nitrogen and oxygen atoms in total. The number of amides is 2. The predicted molar refractivity (Wildman–Crippen MR) is 93.7 cm³/mol. The molecule has 22 heavy (non-hydrogen) atoms. The molecular formula is C15H9IN2O3S. The summed E-state index contributed by atoms with van der Waals surface area (Å²) in [5.74, 6) is -0.000931. The minimum absolute atomic E-state index is 0.00572. The lowest BCUT2D eigenvalue weighted by Crippen LogP contribution is -2.51. The van der Waals surface area contributed by atoms with E-state index >= 15 is 0 Å². The fraction of sp³-hybridized carbons (Fsp3) is 0. The molecule has 1 aromatic carbocycles. The Labute approximate surface area is 144 Å². The van der Waals surface area contributed by atoms with Gasteiger partial charge in [-0.2, -0.15) is 0 Å². The maximum Gasteiger partial charge on any atom is 0.263 e. The molecule has 0 radical (unpaired) electrons. The van der Waals surface area contributed by atoms with Gasteiger partial charge in [-0.1, -0.05) is 12.1 Å². The van der Waals surface area contributed by atoms with Gasteiger partial charge in [-0.15, -0.1) is 0 Å². The number of carbonyl (C=O) groups excluding carboxylic acids is 2. The van der Waals surface area contributed by atoms with Crippen molar-refractivity contribution in [3.8, 4) is 11.3 Å². The Balaban J connectivity index is 1.89. The summed E-state index contributed by atoms with van der Waals surface area (Å²) in [5, 5.41) is 4.75. The van der Waals surface area contributed by atoms with E-state index in [4.69, 9.17) is 16.6 Å². The molecule has 1 aliphatic rings. The van der Waals surface area contributed by atoms with Crippen LogP contribution in [0.15, 0.2) is 46.4 Å². The highest BCUT2D eigenvalue weighted by atomic mass is 127. The average Bonchev–Trinajstić information content (AvgIpc) is 2.92. The fourth-order valence-corrected chi connectivity index (χ4v) is 2.49. The summed E-state index contributed by atoms with van der Waals surface area (Å²) < 4.78 is 6.79. The molecule has 0 spiro atoms. The summed E-state index contributed by atoms with van der Waals surface area (Å²) >= 11 is 6.96. The zero-order valence-electron chi connectivity index (χ0n) is 11.1. The first-order chi connectivity index (χ1) is 10.5. The van der Waals surface area contributed by atoms with Crippen molar-refractivity contribution in [2.75, 3.05) is 0 Å². The number of benzene rings is 1. The first kappa shape index (κ1) is 14.9. The Morgan fingerprint density at radius 3 is 2.27 bits per heavy atom. The normalized spacial score (nSPS) is 14.6. The molecule has 1 saturated heterocycles. The van der Waals surface area contributed by atoms with Crippen LogP contribution in [0.1, 0.15) is 5.76 Å². The molecule has 0 atom stereocenters. The van der Waals surface area contributed by atoms with Crippen molar-refractivity contribution in [1.29, 1.82) is 0 Å². The molecule has 2 aromatic rings. The SMILES string of the molecule is O=C1NC(=S)NC(=O)C1=Cc1ccc(-c2ccc(I)cc2)o1. The van der Waals surface area contributed by atoms with E-state index in [9.17, 15) is 9.59 Å². The third kappa shape index (κ3) is 3.09. The Morgan fingerprint density at radius 1 is 1.00 bits per heavy atom. The van der Waals surface area contributed by atoms with Crippen LogP contribution in [0.2, 0.25) is 0 Å². The van der Waals surface area contributed by atoms with Gasteiger partial charge in [0.05, 0.1) is 0 Å². The highest BCUT2D eigenvalue weighted by Gasteiger charge is 2.26. The van der Waals surface area contributed by atoms with Crippen LogP contribution in [-0.4, -0.2) is 16.9 Å². The third-order valence-electron chi connectivity index (χ3n) is 2.99. The maximum atomic E-state index is 11.8. The second-order valence-electron chi connectivity index (χ2n) is 4.50. The summed E-state index contributed by atoms with van der Waals surface area (Å²) in [6.07, 6.45) is 1.39. The van der Waals surface area contributed by atoms with E-state index in [1.807, 2.05) is 24.3 Å². The number of hydrogen-bond acceptors (Lipinski definition) is 4. The van der Waals surface area contributed by atoms with Crippen LogP contribution in [0.25, 0.3) is 17.4 Å². The second kappa shape index (κ2) is 6.01. The number of furan rings is 1. The molecule has 3 rings (SSSR count). The lowest BCUT2D eigenvalue weighted by Gasteiger charge is -2.15. The van der Waals surface area contributed by atoms with Gasteiger partial charge in [-0.05, 0) is 65.2 Å². The topological polar surface area (TPSA) is 71.3 Å². The Morgan fingerprint density at radius 2 is 1.64 bits per heavy atom. The van der Waals surface area contributed by atoms with Gasteiger partial charge in [0.15, 0.2) is 5.11 Å². The van der Waals surface area contributed by atoms with Gasteiger partial charge < -0.3 is 4.42 Å². The minimum atomic E-state index is -0.541. The number of hydrogen-bond donors (Lipinski definition) is 2. The van der Waals surface area contributed by atoms with Crippen molar-refractivity contribution < 1.29 is 14.0 Å². The minimum Gasteiger partial charge on any atom is -0.457 e. The first-order valence-electron chi connectivity index (χ1n) is 6.27. The van der Waals surface area contributed by atoms with Crippen molar-refractivity contribution in [3.05, 3.63) is 51.3 Å². The lowest BCUT2D eigenvalue weighted by atomic mass is 10.1. The van der Waals surface area contributed by atoms with Crippen LogP contribution in [-0.2, 0) is 9.59 Å². The molecule has 2 amide bonds. The quantitative estimate of drug-likeness (QED) is 0.337. The summed E-state index contributed by atoms with van der Waals surface area (Å²) in [6.45, 7) is 0. The number of halogens is 1. The largest absolute Gasteiger partial charge is 0.457 e.